The maximum atomic E-state index is 12.7. The Morgan fingerprint density at radius 3 is 2.48 bits per heavy atom. The van der Waals surface area contributed by atoms with Crippen LogP contribution in [0, 0.1) is 12.8 Å². The number of carbonyl (C=O) groups excluding carboxylic acids is 2. The van der Waals surface area contributed by atoms with Gasteiger partial charge in [-0.25, -0.2) is 0 Å². The highest BCUT2D eigenvalue weighted by Gasteiger charge is 2.23. The summed E-state index contributed by atoms with van der Waals surface area (Å²) in [4.78, 5) is 26.5. The van der Waals surface area contributed by atoms with Crippen LogP contribution in [0.2, 0.25) is 0 Å². The van der Waals surface area contributed by atoms with E-state index in [9.17, 15) is 9.59 Å². The average molecular weight is 368 g/mol. The maximum absolute atomic E-state index is 12.7. The zero-order valence-electron chi connectivity index (χ0n) is 15.6. The van der Waals surface area contributed by atoms with Crippen LogP contribution in [0.25, 0.3) is 0 Å². The van der Waals surface area contributed by atoms with Gasteiger partial charge in [0.25, 0.3) is 5.91 Å². The second-order valence-electron chi connectivity index (χ2n) is 7.07. The maximum Gasteiger partial charge on any atom is 0.253 e. The van der Waals surface area contributed by atoms with Crippen LogP contribution < -0.4 is 10.6 Å². The van der Waals surface area contributed by atoms with Gasteiger partial charge in [-0.2, -0.15) is 0 Å². The van der Waals surface area contributed by atoms with Crippen LogP contribution in [0.1, 0.15) is 49.0 Å². The topological polar surface area (TPSA) is 61.4 Å². The number of carbonyl (C=O) groups is 2. The van der Waals surface area contributed by atoms with Crippen molar-refractivity contribution in [2.45, 2.75) is 46.1 Å². The van der Waals surface area contributed by atoms with Gasteiger partial charge in [0.2, 0.25) is 5.91 Å². The molecule has 140 valence electrons. The first-order chi connectivity index (χ1) is 11.4. The minimum Gasteiger partial charge on any atom is -0.339 e. The second-order valence-corrected chi connectivity index (χ2v) is 7.07. The molecule has 1 aromatic rings. The van der Waals surface area contributed by atoms with Gasteiger partial charge in [-0.15, -0.1) is 12.4 Å². The third-order valence-electron chi connectivity index (χ3n) is 4.52. The standard InChI is InChI=1S/C19H29N3O2.ClH/c1-13(2)11-18(23)21-17-6-5-15(12-14(17)3)19(24)22(4)16-7-9-20-10-8-16;/h5-6,12-13,16,20H,7-11H2,1-4H3,(H,21,23);1H. The zero-order valence-corrected chi connectivity index (χ0v) is 16.4. The number of hydrogen-bond donors (Lipinski definition) is 2. The summed E-state index contributed by atoms with van der Waals surface area (Å²) in [6.07, 6.45) is 2.48. The molecular weight excluding hydrogens is 338 g/mol. The first-order valence-corrected chi connectivity index (χ1v) is 8.77. The predicted molar refractivity (Wildman–Crippen MR) is 104 cm³/mol. The number of aryl methyl sites for hydroxylation is 1. The molecule has 25 heavy (non-hydrogen) atoms. The van der Waals surface area contributed by atoms with E-state index in [2.05, 4.69) is 10.6 Å². The fourth-order valence-electron chi connectivity index (χ4n) is 3.07. The third kappa shape index (κ3) is 6.01. The first-order valence-electron chi connectivity index (χ1n) is 8.77. The minimum atomic E-state index is 0. The van der Waals surface area contributed by atoms with Gasteiger partial charge < -0.3 is 15.5 Å². The van der Waals surface area contributed by atoms with E-state index >= 15 is 0 Å². The molecule has 0 atom stereocenters. The Balaban J connectivity index is 0.00000312. The zero-order chi connectivity index (χ0) is 17.7. The molecule has 6 heteroatoms. The van der Waals surface area contributed by atoms with Gasteiger partial charge in [0.15, 0.2) is 0 Å². The largest absolute Gasteiger partial charge is 0.339 e. The molecule has 1 saturated heterocycles. The Kier molecular flexibility index (Phi) is 8.39. The summed E-state index contributed by atoms with van der Waals surface area (Å²) in [5.41, 5.74) is 2.37. The number of anilines is 1. The summed E-state index contributed by atoms with van der Waals surface area (Å²) in [5.74, 6) is 0.383. The highest BCUT2D eigenvalue weighted by molar-refractivity contribution is 5.96. The van der Waals surface area contributed by atoms with Crippen molar-refractivity contribution in [3.63, 3.8) is 0 Å². The fraction of sp³-hybridized carbons (Fsp3) is 0.579. The fourth-order valence-corrected chi connectivity index (χ4v) is 3.07. The molecule has 0 spiro atoms. The van der Waals surface area contributed by atoms with Crippen molar-refractivity contribution in [1.29, 1.82) is 0 Å². The summed E-state index contributed by atoms with van der Waals surface area (Å²) in [7, 11) is 1.88. The quantitative estimate of drug-likeness (QED) is 0.839. The molecule has 0 aliphatic carbocycles. The second kappa shape index (κ2) is 9.78. The number of amides is 2. The van der Waals surface area contributed by atoms with Crippen molar-refractivity contribution in [1.82, 2.24) is 10.2 Å². The number of piperidine rings is 1. The van der Waals surface area contributed by atoms with Gasteiger partial charge in [-0.1, -0.05) is 13.8 Å². The van der Waals surface area contributed by atoms with E-state index < -0.39 is 0 Å². The Morgan fingerprint density at radius 2 is 1.92 bits per heavy atom. The van der Waals surface area contributed by atoms with Gasteiger partial charge in [0.05, 0.1) is 0 Å². The minimum absolute atomic E-state index is 0. The smallest absolute Gasteiger partial charge is 0.253 e. The molecule has 2 rings (SSSR count). The van der Waals surface area contributed by atoms with Crippen molar-refractivity contribution in [2.75, 3.05) is 25.5 Å². The lowest BCUT2D eigenvalue weighted by Gasteiger charge is -2.31. The Bertz CT molecular complexity index is 598. The summed E-state index contributed by atoms with van der Waals surface area (Å²) in [5, 5.41) is 6.25. The van der Waals surface area contributed by atoms with E-state index in [1.807, 2.05) is 44.9 Å². The highest BCUT2D eigenvalue weighted by Crippen LogP contribution is 2.20. The van der Waals surface area contributed by atoms with Crippen molar-refractivity contribution < 1.29 is 9.59 Å². The normalized spacial score (nSPS) is 14.8. The lowest BCUT2D eigenvalue weighted by Crippen LogP contribution is -2.43. The molecule has 0 radical (unpaired) electrons. The third-order valence-corrected chi connectivity index (χ3v) is 4.52. The molecule has 5 nitrogen and oxygen atoms in total. The van der Waals surface area contributed by atoms with Crippen LogP contribution in [0.4, 0.5) is 5.69 Å². The molecule has 2 N–H and O–H groups in total. The molecule has 2 amide bonds. The Morgan fingerprint density at radius 1 is 1.28 bits per heavy atom. The van der Waals surface area contributed by atoms with Gasteiger partial charge in [-0.05, 0) is 62.5 Å². The summed E-state index contributed by atoms with van der Waals surface area (Å²) in [6.45, 7) is 7.88. The first kappa shape index (κ1) is 21.5. The SMILES string of the molecule is Cc1cc(C(=O)N(C)C2CCNCC2)ccc1NC(=O)CC(C)C.Cl. The van der Waals surface area contributed by atoms with Crippen molar-refractivity contribution in [3.05, 3.63) is 29.3 Å². The van der Waals surface area contributed by atoms with Crippen molar-refractivity contribution in [3.8, 4) is 0 Å². The number of rotatable bonds is 5. The highest BCUT2D eigenvalue weighted by atomic mass is 35.5. The van der Waals surface area contributed by atoms with Crippen LogP contribution in [-0.4, -0.2) is 42.9 Å². The van der Waals surface area contributed by atoms with E-state index in [0.29, 0.717) is 23.9 Å². The molecule has 1 aliphatic rings. The number of nitrogens with one attached hydrogen (secondary N) is 2. The van der Waals surface area contributed by atoms with E-state index in [1.54, 1.807) is 6.07 Å². The van der Waals surface area contributed by atoms with Crippen LogP contribution in [0.3, 0.4) is 0 Å². The molecule has 1 fully saturated rings. The lowest BCUT2D eigenvalue weighted by molar-refractivity contribution is -0.116. The Labute approximate surface area is 157 Å². The monoisotopic (exact) mass is 367 g/mol. The van der Waals surface area contributed by atoms with E-state index in [4.69, 9.17) is 0 Å². The van der Waals surface area contributed by atoms with Crippen LogP contribution in [-0.2, 0) is 4.79 Å². The van der Waals surface area contributed by atoms with Gasteiger partial charge in [-0.3, -0.25) is 9.59 Å². The molecule has 0 saturated carbocycles. The number of benzene rings is 1. The van der Waals surface area contributed by atoms with Crippen LogP contribution >= 0.6 is 12.4 Å². The lowest BCUT2D eigenvalue weighted by atomic mass is 10.0. The molecule has 0 unspecified atom stereocenters. The van der Waals surface area contributed by atoms with Crippen LogP contribution in [0.15, 0.2) is 18.2 Å². The summed E-state index contributed by atoms with van der Waals surface area (Å²) >= 11 is 0. The van der Waals surface area contributed by atoms with Crippen molar-refractivity contribution >= 4 is 29.9 Å². The average Bonchev–Trinajstić information content (AvgIpc) is 2.55. The van der Waals surface area contributed by atoms with Crippen molar-refractivity contribution in [2.24, 2.45) is 5.92 Å². The van der Waals surface area contributed by atoms with Crippen LogP contribution in [0.5, 0.6) is 0 Å². The molecular formula is C19H30ClN3O2. The molecule has 1 aromatic carbocycles. The predicted octanol–water partition coefficient (Wildman–Crippen LogP) is 3.23. The Hall–Kier alpha value is -1.59. The van der Waals surface area contributed by atoms with Gasteiger partial charge in [0.1, 0.15) is 0 Å². The summed E-state index contributed by atoms with van der Waals surface area (Å²) in [6, 6.07) is 5.80. The van der Waals surface area contributed by atoms with Gasteiger partial charge in [0, 0.05) is 30.8 Å². The van der Waals surface area contributed by atoms with E-state index in [1.165, 1.54) is 0 Å². The number of hydrogen-bond acceptors (Lipinski definition) is 3. The van der Waals surface area contributed by atoms with E-state index in [0.717, 1.165) is 37.2 Å². The molecule has 0 bridgehead atoms. The van der Waals surface area contributed by atoms with Gasteiger partial charge >= 0.3 is 0 Å². The molecule has 0 aromatic heterocycles. The number of nitrogens with zero attached hydrogens (tertiary/aromatic N) is 1. The summed E-state index contributed by atoms with van der Waals surface area (Å²) < 4.78 is 0. The number of halogens is 1. The molecule has 1 heterocycles. The molecule has 1 aliphatic heterocycles. The van der Waals surface area contributed by atoms with E-state index in [-0.39, 0.29) is 24.2 Å².